The first kappa shape index (κ1) is 15.6. The third-order valence-corrected chi connectivity index (χ3v) is 4.90. The standard InChI is InChI=1S/C16H23ClN4O/c1-11-15(12(2)19-18-11)16(22)21-8-6-20(7-9-21)14-5-3-4-13(17)10-14/h3-5,10-12,15,18-19H,6-9H2,1-2H3. The molecular formula is C16H23ClN4O. The van der Waals surface area contributed by atoms with E-state index in [2.05, 4.69) is 35.7 Å². The second kappa shape index (κ2) is 6.44. The van der Waals surface area contributed by atoms with Gasteiger partial charge in [0, 0.05) is 49.0 Å². The van der Waals surface area contributed by atoms with E-state index in [-0.39, 0.29) is 23.9 Å². The maximum atomic E-state index is 12.7. The highest BCUT2D eigenvalue weighted by molar-refractivity contribution is 6.30. The van der Waals surface area contributed by atoms with Crippen molar-refractivity contribution in [1.29, 1.82) is 0 Å². The van der Waals surface area contributed by atoms with Gasteiger partial charge in [-0.05, 0) is 32.0 Å². The molecule has 0 bridgehead atoms. The van der Waals surface area contributed by atoms with Crippen LogP contribution in [-0.2, 0) is 4.79 Å². The maximum Gasteiger partial charge on any atom is 0.229 e. The number of benzene rings is 1. The fourth-order valence-electron chi connectivity index (χ4n) is 3.37. The Hall–Kier alpha value is -1.30. The molecule has 120 valence electrons. The molecule has 1 aromatic rings. The molecule has 2 atom stereocenters. The molecule has 22 heavy (non-hydrogen) atoms. The zero-order chi connectivity index (χ0) is 15.7. The van der Waals surface area contributed by atoms with E-state index in [0.717, 1.165) is 36.9 Å². The van der Waals surface area contributed by atoms with E-state index in [0.29, 0.717) is 0 Å². The average Bonchev–Trinajstić information content (AvgIpc) is 2.86. The Labute approximate surface area is 136 Å². The highest BCUT2D eigenvalue weighted by Gasteiger charge is 2.38. The molecule has 2 unspecified atom stereocenters. The molecule has 1 amide bonds. The summed E-state index contributed by atoms with van der Waals surface area (Å²) in [5.41, 5.74) is 7.45. The minimum atomic E-state index is 0.0118. The molecule has 0 spiro atoms. The summed E-state index contributed by atoms with van der Waals surface area (Å²) in [6.07, 6.45) is 0. The fraction of sp³-hybridized carbons (Fsp3) is 0.562. The van der Waals surface area contributed by atoms with Crippen LogP contribution in [0.2, 0.25) is 5.02 Å². The van der Waals surface area contributed by atoms with E-state index in [1.807, 2.05) is 23.1 Å². The minimum absolute atomic E-state index is 0.0118. The molecule has 2 heterocycles. The van der Waals surface area contributed by atoms with Crippen molar-refractivity contribution in [3.8, 4) is 0 Å². The third kappa shape index (κ3) is 3.07. The first-order valence-corrected chi connectivity index (χ1v) is 8.24. The van der Waals surface area contributed by atoms with Crippen molar-refractivity contribution in [3.63, 3.8) is 0 Å². The number of hydrazine groups is 1. The summed E-state index contributed by atoms with van der Waals surface area (Å²) in [7, 11) is 0. The summed E-state index contributed by atoms with van der Waals surface area (Å²) in [6.45, 7) is 7.34. The van der Waals surface area contributed by atoms with Crippen molar-refractivity contribution in [2.75, 3.05) is 31.1 Å². The molecule has 0 aliphatic carbocycles. The van der Waals surface area contributed by atoms with Gasteiger partial charge in [-0.25, -0.2) is 0 Å². The van der Waals surface area contributed by atoms with Crippen LogP contribution in [0.4, 0.5) is 5.69 Å². The normalized spacial score (nSPS) is 29.0. The first-order chi connectivity index (χ1) is 10.6. The highest BCUT2D eigenvalue weighted by atomic mass is 35.5. The number of hydrogen-bond donors (Lipinski definition) is 2. The van der Waals surface area contributed by atoms with Crippen molar-refractivity contribution in [2.24, 2.45) is 5.92 Å². The molecule has 3 rings (SSSR count). The Morgan fingerprint density at radius 3 is 2.36 bits per heavy atom. The molecular weight excluding hydrogens is 300 g/mol. The van der Waals surface area contributed by atoms with Crippen LogP contribution in [0, 0.1) is 5.92 Å². The smallest absolute Gasteiger partial charge is 0.229 e. The van der Waals surface area contributed by atoms with Crippen LogP contribution in [0.3, 0.4) is 0 Å². The number of anilines is 1. The molecule has 2 fully saturated rings. The van der Waals surface area contributed by atoms with Gasteiger partial charge in [-0.1, -0.05) is 17.7 Å². The van der Waals surface area contributed by atoms with Crippen molar-refractivity contribution in [2.45, 2.75) is 25.9 Å². The molecule has 1 aromatic carbocycles. The molecule has 2 N–H and O–H groups in total. The van der Waals surface area contributed by atoms with Crippen LogP contribution >= 0.6 is 11.6 Å². The second-order valence-corrected chi connectivity index (χ2v) is 6.62. The lowest BCUT2D eigenvalue weighted by Crippen LogP contribution is -2.52. The van der Waals surface area contributed by atoms with Crippen LogP contribution in [0.5, 0.6) is 0 Å². The van der Waals surface area contributed by atoms with Gasteiger partial charge >= 0.3 is 0 Å². The van der Waals surface area contributed by atoms with Gasteiger partial charge in [0.25, 0.3) is 0 Å². The lowest BCUT2D eigenvalue weighted by molar-refractivity contribution is -0.136. The topological polar surface area (TPSA) is 47.6 Å². The summed E-state index contributed by atoms with van der Waals surface area (Å²) in [5.74, 6) is 0.265. The summed E-state index contributed by atoms with van der Waals surface area (Å²) in [5, 5.41) is 0.752. The van der Waals surface area contributed by atoms with Gasteiger partial charge in [0.15, 0.2) is 0 Å². The number of piperazine rings is 1. The minimum Gasteiger partial charge on any atom is -0.368 e. The number of carbonyl (C=O) groups is 1. The second-order valence-electron chi connectivity index (χ2n) is 6.18. The molecule has 6 heteroatoms. The molecule has 2 aliphatic rings. The van der Waals surface area contributed by atoms with Crippen molar-refractivity contribution < 1.29 is 4.79 Å². The first-order valence-electron chi connectivity index (χ1n) is 7.86. The van der Waals surface area contributed by atoms with E-state index in [9.17, 15) is 4.79 Å². The zero-order valence-corrected chi connectivity index (χ0v) is 13.8. The van der Waals surface area contributed by atoms with E-state index in [4.69, 9.17) is 11.6 Å². The van der Waals surface area contributed by atoms with Crippen LogP contribution in [-0.4, -0.2) is 49.1 Å². The van der Waals surface area contributed by atoms with Crippen molar-refractivity contribution in [3.05, 3.63) is 29.3 Å². The third-order valence-electron chi connectivity index (χ3n) is 4.67. The Kier molecular flexibility index (Phi) is 4.57. The monoisotopic (exact) mass is 322 g/mol. The molecule has 2 aliphatic heterocycles. The number of nitrogens with one attached hydrogen (secondary N) is 2. The molecule has 0 radical (unpaired) electrons. The van der Waals surface area contributed by atoms with Gasteiger partial charge in [-0.2, -0.15) is 0 Å². The number of carbonyl (C=O) groups excluding carboxylic acids is 1. The van der Waals surface area contributed by atoms with Crippen molar-refractivity contribution in [1.82, 2.24) is 15.8 Å². The fourth-order valence-corrected chi connectivity index (χ4v) is 3.56. The Morgan fingerprint density at radius 1 is 1.14 bits per heavy atom. The SMILES string of the molecule is CC1NNC(C)C1C(=O)N1CCN(c2cccc(Cl)c2)CC1. The van der Waals surface area contributed by atoms with Gasteiger partial charge in [0.05, 0.1) is 5.92 Å². The van der Waals surface area contributed by atoms with Crippen LogP contribution in [0.25, 0.3) is 0 Å². The van der Waals surface area contributed by atoms with E-state index in [1.165, 1.54) is 0 Å². The molecule has 5 nitrogen and oxygen atoms in total. The van der Waals surface area contributed by atoms with E-state index < -0.39 is 0 Å². The van der Waals surface area contributed by atoms with Crippen LogP contribution in [0.1, 0.15) is 13.8 Å². The van der Waals surface area contributed by atoms with Gasteiger partial charge < -0.3 is 9.80 Å². The Bertz CT molecular complexity index is 535. The van der Waals surface area contributed by atoms with Gasteiger partial charge in [0.2, 0.25) is 5.91 Å². The van der Waals surface area contributed by atoms with Crippen molar-refractivity contribution >= 4 is 23.2 Å². The van der Waals surface area contributed by atoms with E-state index >= 15 is 0 Å². The zero-order valence-electron chi connectivity index (χ0n) is 13.1. The predicted octanol–water partition coefficient (Wildman–Crippen LogP) is 1.49. The Balaban J connectivity index is 1.61. The number of amides is 1. The molecule has 0 saturated carbocycles. The lowest BCUT2D eigenvalue weighted by atomic mass is 9.94. The summed E-state index contributed by atoms with van der Waals surface area (Å²) in [6, 6.07) is 8.25. The predicted molar refractivity (Wildman–Crippen MR) is 88.9 cm³/mol. The largest absolute Gasteiger partial charge is 0.368 e. The number of hydrogen-bond acceptors (Lipinski definition) is 4. The highest BCUT2D eigenvalue weighted by Crippen LogP contribution is 2.23. The van der Waals surface area contributed by atoms with Gasteiger partial charge in [0.1, 0.15) is 0 Å². The summed E-state index contributed by atoms with van der Waals surface area (Å²) < 4.78 is 0. The lowest BCUT2D eigenvalue weighted by Gasteiger charge is -2.38. The summed E-state index contributed by atoms with van der Waals surface area (Å²) in [4.78, 5) is 17.0. The Morgan fingerprint density at radius 2 is 1.77 bits per heavy atom. The van der Waals surface area contributed by atoms with E-state index in [1.54, 1.807) is 0 Å². The number of nitrogens with zero attached hydrogens (tertiary/aromatic N) is 2. The number of halogens is 1. The van der Waals surface area contributed by atoms with Crippen LogP contribution < -0.4 is 15.8 Å². The van der Waals surface area contributed by atoms with Crippen LogP contribution in [0.15, 0.2) is 24.3 Å². The quantitative estimate of drug-likeness (QED) is 0.866. The number of rotatable bonds is 2. The van der Waals surface area contributed by atoms with Gasteiger partial charge in [-0.3, -0.25) is 15.6 Å². The average molecular weight is 323 g/mol. The summed E-state index contributed by atoms with van der Waals surface area (Å²) >= 11 is 6.06. The molecule has 2 saturated heterocycles. The molecule has 0 aromatic heterocycles. The maximum absolute atomic E-state index is 12.7. The van der Waals surface area contributed by atoms with Gasteiger partial charge in [-0.15, -0.1) is 0 Å².